The van der Waals surface area contributed by atoms with Gasteiger partial charge in [-0.15, -0.1) is 0 Å². The number of nitrogens with one attached hydrogen (secondary N) is 1. The zero-order valence-electron chi connectivity index (χ0n) is 17.9. The molecule has 0 bridgehead atoms. The Morgan fingerprint density at radius 2 is 1.97 bits per heavy atom. The van der Waals surface area contributed by atoms with E-state index >= 15 is 0 Å². The van der Waals surface area contributed by atoms with E-state index in [1.807, 2.05) is 18.5 Å². The molecular formula is C25H30N4O. The van der Waals surface area contributed by atoms with Crippen LogP contribution in [-0.4, -0.2) is 26.9 Å². The summed E-state index contributed by atoms with van der Waals surface area (Å²) in [6.07, 6.45) is 6.20. The Balaban J connectivity index is 1.35. The standard InChI is InChI=1S/C25H30N4O/c1-3-29-15-13-26-24(29)18-28-14-12-21-9-10-23(16-22(21)17-28)27-25(30)11-8-20-6-4-19(2)5-7-20/h4-7,9-10,13,15-16H,3,8,11-12,14,17-18H2,1-2H3,(H,27,30). The summed E-state index contributed by atoms with van der Waals surface area (Å²) in [7, 11) is 0. The molecule has 0 radical (unpaired) electrons. The predicted molar refractivity (Wildman–Crippen MR) is 120 cm³/mol. The molecule has 0 saturated carbocycles. The first-order chi connectivity index (χ1) is 14.6. The molecule has 4 rings (SSSR count). The van der Waals surface area contributed by atoms with Gasteiger partial charge in [0.25, 0.3) is 0 Å². The Kier molecular flexibility index (Phi) is 6.29. The van der Waals surface area contributed by atoms with Crippen LogP contribution in [0.2, 0.25) is 0 Å². The maximum Gasteiger partial charge on any atom is 0.224 e. The van der Waals surface area contributed by atoms with E-state index in [-0.39, 0.29) is 5.91 Å². The molecular weight excluding hydrogens is 372 g/mol. The molecule has 1 amide bonds. The van der Waals surface area contributed by atoms with Gasteiger partial charge in [-0.2, -0.15) is 0 Å². The average molecular weight is 403 g/mol. The molecule has 2 heterocycles. The van der Waals surface area contributed by atoms with Crippen molar-refractivity contribution in [2.45, 2.75) is 52.7 Å². The van der Waals surface area contributed by atoms with Gasteiger partial charge in [-0.1, -0.05) is 35.9 Å². The molecule has 0 unspecified atom stereocenters. The van der Waals surface area contributed by atoms with Crippen LogP contribution in [0, 0.1) is 6.92 Å². The second-order valence-electron chi connectivity index (χ2n) is 8.11. The van der Waals surface area contributed by atoms with Crippen molar-refractivity contribution in [2.75, 3.05) is 11.9 Å². The minimum absolute atomic E-state index is 0.0631. The van der Waals surface area contributed by atoms with Gasteiger partial charge in [0, 0.05) is 44.1 Å². The number of benzene rings is 2. The van der Waals surface area contributed by atoms with E-state index in [0.717, 1.165) is 50.5 Å². The molecule has 1 N–H and O–H groups in total. The summed E-state index contributed by atoms with van der Waals surface area (Å²) in [5.74, 6) is 1.18. The highest BCUT2D eigenvalue weighted by Gasteiger charge is 2.18. The highest BCUT2D eigenvalue weighted by atomic mass is 16.1. The second kappa shape index (κ2) is 9.26. The van der Waals surface area contributed by atoms with E-state index in [1.165, 1.54) is 22.3 Å². The van der Waals surface area contributed by atoms with Gasteiger partial charge in [-0.25, -0.2) is 4.98 Å². The summed E-state index contributed by atoms with van der Waals surface area (Å²) >= 11 is 0. The van der Waals surface area contributed by atoms with Gasteiger partial charge in [0.2, 0.25) is 5.91 Å². The van der Waals surface area contributed by atoms with Crippen molar-refractivity contribution in [2.24, 2.45) is 0 Å². The molecule has 30 heavy (non-hydrogen) atoms. The van der Waals surface area contributed by atoms with E-state index in [2.05, 4.69) is 70.0 Å². The average Bonchev–Trinajstić information content (AvgIpc) is 3.20. The molecule has 1 aliphatic heterocycles. The molecule has 156 valence electrons. The topological polar surface area (TPSA) is 50.2 Å². The maximum atomic E-state index is 12.4. The Morgan fingerprint density at radius 1 is 1.13 bits per heavy atom. The smallest absolute Gasteiger partial charge is 0.224 e. The van der Waals surface area contributed by atoms with Crippen molar-refractivity contribution in [1.29, 1.82) is 0 Å². The lowest BCUT2D eigenvalue weighted by molar-refractivity contribution is -0.116. The minimum Gasteiger partial charge on any atom is -0.334 e. The van der Waals surface area contributed by atoms with Gasteiger partial charge in [0.05, 0.1) is 6.54 Å². The summed E-state index contributed by atoms with van der Waals surface area (Å²) in [5.41, 5.74) is 6.00. The molecule has 0 atom stereocenters. The molecule has 3 aromatic rings. The number of amides is 1. The molecule has 5 heteroatoms. The van der Waals surface area contributed by atoms with Crippen LogP contribution in [0.5, 0.6) is 0 Å². The quantitative estimate of drug-likeness (QED) is 0.640. The van der Waals surface area contributed by atoms with Gasteiger partial charge in [0.15, 0.2) is 0 Å². The minimum atomic E-state index is 0.0631. The Morgan fingerprint density at radius 3 is 2.77 bits per heavy atom. The Hall–Kier alpha value is -2.92. The summed E-state index contributed by atoms with van der Waals surface area (Å²) in [6.45, 7) is 7.94. The van der Waals surface area contributed by atoms with Gasteiger partial charge in [-0.05, 0) is 55.5 Å². The van der Waals surface area contributed by atoms with Gasteiger partial charge >= 0.3 is 0 Å². The van der Waals surface area contributed by atoms with E-state index in [4.69, 9.17) is 0 Å². The van der Waals surface area contributed by atoms with Crippen molar-refractivity contribution in [3.05, 3.63) is 82.9 Å². The number of anilines is 1. The van der Waals surface area contributed by atoms with Crippen LogP contribution in [0.3, 0.4) is 0 Å². The third-order valence-corrected chi connectivity index (χ3v) is 5.85. The van der Waals surface area contributed by atoms with Crippen LogP contribution in [0.4, 0.5) is 5.69 Å². The van der Waals surface area contributed by atoms with Crippen LogP contribution < -0.4 is 5.32 Å². The number of fused-ring (bicyclic) bond motifs is 1. The number of aryl methyl sites for hydroxylation is 3. The first-order valence-electron chi connectivity index (χ1n) is 10.8. The second-order valence-corrected chi connectivity index (χ2v) is 8.11. The van der Waals surface area contributed by atoms with Crippen LogP contribution >= 0.6 is 0 Å². The van der Waals surface area contributed by atoms with Crippen LogP contribution in [0.25, 0.3) is 0 Å². The van der Waals surface area contributed by atoms with E-state index in [1.54, 1.807) is 0 Å². The summed E-state index contributed by atoms with van der Waals surface area (Å²) in [4.78, 5) is 19.4. The number of aromatic nitrogens is 2. The van der Waals surface area contributed by atoms with Crippen LogP contribution in [-0.2, 0) is 37.3 Å². The number of imidazole rings is 1. The number of nitrogens with zero attached hydrogens (tertiary/aromatic N) is 3. The fraction of sp³-hybridized carbons (Fsp3) is 0.360. The van der Waals surface area contributed by atoms with E-state index in [9.17, 15) is 4.79 Å². The number of hydrogen-bond acceptors (Lipinski definition) is 3. The Bertz CT molecular complexity index is 1010. The van der Waals surface area contributed by atoms with Crippen LogP contribution in [0.1, 0.15) is 41.4 Å². The largest absolute Gasteiger partial charge is 0.334 e. The maximum absolute atomic E-state index is 12.4. The zero-order chi connectivity index (χ0) is 20.9. The molecule has 0 spiro atoms. The number of carbonyl (C=O) groups is 1. The summed E-state index contributed by atoms with van der Waals surface area (Å²) in [5, 5.41) is 3.08. The van der Waals surface area contributed by atoms with Crippen LogP contribution in [0.15, 0.2) is 54.9 Å². The van der Waals surface area contributed by atoms with E-state index in [0.29, 0.717) is 6.42 Å². The lowest BCUT2D eigenvalue weighted by Crippen LogP contribution is -2.31. The molecule has 0 aliphatic carbocycles. The SMILES string of the molecule is CCn1ccnc1CN1CCc2ccc(NC(=O)CCc3ccc(C)cc3)cc2C1. The first-order valence-corrected chi connectivity index (χ1v) is 10.8. The zero-order valence-corrected chi connectivity index (χ0v) is 17.9. The summed E-state index contributed by atoms with van der Waals surface area (Å²) in [6, 6.07) is 14.7. The molecule has 0 saturated heterocycles. The molecule has 1 aromatic heterocycles. The van der Waals surface area contributed by atoms with Gasteiger partial charge < -0.3 is 9.88 Å². The monoisotopic (exact) mass is 402 g/mol. The lowest BCUT2D eigenvalue weighted by Gasteiger charge is -2.29. The number of rotatable bonds is 7. The van der Waals surface area contributed by atoms with Crippen molar-refractivity contribution >= 4 is 11.6 Å². The van der Waals surface area contributed by atoms with Crippen molar-refractivity contribution in [1.82, 2.24) is 14.5 Å². The number of carbonyl (C=O) groups excluding carboxylic acids is 1. The van der Waals surface area contributed by atoms with Gasteiger partial charge in [-0.3, -0.25) is 9.69 Å². The summed E-state index contributed by atoms with van der Waals surface area (Å²) < 4.78 is 2.19. The normalized spacial score (nSPS) is 13.8. The number of hydrogen-bond donors (Lipinski definition) is 1. The molecule has 1 aliphatic rings. The Labute approximate surface area is 178 Å². The highest BCUT2D eigenvalue weighted by Crippen LogP contribution is 2.24. The third-order valence-electron chi connectivity index (χ3n) is 5.85. The van der Waals surface area contributed by atoms with E-state index < -0.39 is 0 Å². The molecule has 5 nitrogen and oxygen atoms in total. The predicted octanol–water partition coefficient (Wildman–Crippen LogP) is 4.34. The fourth-order valence-corrected chi connectivity index (χ4v) is 4.04. The van der Waals surface area contributed by atoms with Crippen molar-refractivity contribution in [3.8, 4) is 0 Å². The highest BCUT2D eigenvalue weighted by molar-refractivity contribution is 5.91. The van der Waals surface area contributed by atoms with Crippen molar-refractivity contribution in [3.63, 3.8) is 0 Å². The molecule has 0 fully saturated rings. The fourth-order valence-electron chi connectivity index (χ4n) is 4.04. The first kappa shape index (κ1) is 20.4. The lowest BCUT2D eigenvalue weighted by atomic mass is 9.99. The third kappa shape index (κ3) is 4.97. The molecule has 2 aromatic carbocycles. The van der Waals surface area contributed by atoms with Gasteiger partial charge in [0.1, 0.15) is 5.82 Å². The van der Waals surface area contributed by atoms with Crippen molar-refractivity contribution < 1.29 is 4.79 Å².